The molecule has 2 aromatic carbocycles. The zero-order valence-electron chi connectivity index (χ0n) is 15.9. The van der Waals surface area contributed by atoms with E-state index in [1.807, 2.05) is 0 Å². The van der Waals surface area contributed by atoms with Crippen molar-refractivity contribution in [2.24, 2.45) is 0 Å². The number of aliphatic hydroxyl groups excluding tert-OH is 1. The van der Waals surface area contributed by atoms with Crippen LogP contribution in [0.5, 0.6) is 0 Å². The normalized spacial score (nSPS) is 15.5. The average molecular weight is 340 g/mol. The highest BCUT2D eigenvalue weighted by Gasteiger charge is 2.19. The molecule has 0 saturated carbocycles. The average Bonchev–Trinajstić information content (AvgIpc) is 2.65. The lowest BCUT2D eigenvalue weighted by molar-refractivity contribution is 0.143. The molecule has 136 valence electrons. The maximum Gasteiger partial charge on any atom is 0.0808 e. The van der Waals surface area contributed by atoms with Crippen molar-refractivity contribution >= 4 is 10.8 Å². The summed E-state index contributed by atoms with van der Waals surface area (Å²) >= 11 is 0. The third-order valence-corrected chi connectivity index (χ3v) is 5.56. The van der Waals surface area contributed by atoms with E-state index in [2.05, 4.69) is 49.1 Å². The molecule has 2 nitrogen and oxygen atoms in total. The van der Waals surface area contributed by atoms with Crippen molar-refractivity contribution in [2.45, 2.75) is 64.9 Å². The molecule has 1 aliphatic carbocycles. The van der Waals surface area contributed by atoms with Gasteiger partial charge in [-0.05, 0) is 85.5 Å². The van der Waals surface area contributed by atoms with E-state index in [4.69, 9.17) is 0 Å². The Morgan fingerprint density at radius 2 is 1.64 bits per heavy atom. The van der Waals surface area contributed by atoms with Gasteiger partial charge in [0.15, 0.2) is 0 Å². The maximum atomic E-state index is 11.0. The zero-order valence-corrected chi connectivity index (χ0v) is 15.9. The third kappa shape index (κ3) is 4.24. The van der Waals surface area contributed by atoms with Crippen molar-refractivity contribution in [3.63, 3.8) is 0 Å². The minimum atomic E-state index is -0.367. The van der Waals surface area contributed by atoms with Crippen LogP contribution in [0.4, 0.5) is 0 Å². The van der Waals surface area contributed by atoms with Crippen molar-refractivity contribution in [3.8, 4) is 0 Å². The summed E-state index contributed by atoms with van der Waals surface area (Å²) in [6.45, 7) is 7.71. The molecule has 3 rings (SSSR count). The second-order valence-corrected chi connectivity index (χ2v) is 7.50. The molecule has 0 aliphatic heterocycles. The predicted octanol–water partition coefficient (Wildman–Crippen LogP) is 5.26. The van der Waals surface area contributed by atoms with E-state index in [1.165, 1.54) is 54.0 Å². The highest BCUT2D eigenvalue weighted by Crippen LogP contribution is 2.35. The van der Waals surface area contributed by atoms with Gasteiger partial charge in [-0.2, -0.15) is 0 Å². The summed E-state index contributed by atoms with van der Waals surface area (Å²) in [6, 6.07) is 11.0. The molecule has 1 atom stereocenters. The summed E-state index contributed by atoms with van der Waals surface area (Å²) in [5, 5.41) is 13.6. The largest absolute Gasteiger partial charge is 0.388 e. The van der Waals surface area contributed by atoms with Crippen molar-refractivity contribution in [3.05, 3.63) is 47.0 Å². The lowest BCUT2D eigenvalue weighted by atomic mass is 9.84. The maximum absolute atomic E-state index is 11.0. The van der Waals surface area contributed by atoms with Crippen LogP contribution in [0.1, 0.15) is 68.7 Å². The number of rotatable bonds is 8. The van der Waals surface area contributed by atoms with Gasteiger partial charge in [0, 0.05) is 6.54 Å². The molecule has 0 heterocycles. The number of hydrogen-bond acceptors (Lipinski definition) is 2. The molecule has 0 amide bonds. The van der Waals surface area contributed by atoms with Gasteiger partial charge in [0.1, 0.15) is 0 Å². The zero-order chi connectivity index (χ0) is 17.6. The van der Waals surface area contributed by atoms with Gasteiger partial charge in [0.25, 0.3) is 0 Å². The summed E-state index contributed by atoms with van der Waals surface area (Å²) in [5.41, 5.74) is 4.14. The van der Waals surface area contributed by atoms with E-state index in [0.717, 1.165) is 38.0 Å². The van der Waals surface area contributed by atoms with Gasteiger partial charge in [0.05, 0.1) is 6.10 Å². The second-order valence-electron chi connectivity index (χ2n) is 7.50. The molecular formula is C23H33NO. The van der Waals surface area contributed by atoms with Gasteiger partial charge in [0.2, 0.25) is 0 Å². The van der Waals surface area contributed by atoms with Crippen LogP contribution in [0.25, 0.3) is 10.8 Å². The molecule has 1 aliphatic rings. The molecule has 0 bridgehead atoms. The second kappa shape index (κ2) is 8.82. The lowest BCUT2D eigenvalue weighted by Crippen LogP contribution is -2.27. The van der Waals surface area contributed by atoms with Crippen molar-refractivity contribution < 1.29 is 5.11 Å². The Kier molecular flexibility index (Phi) is 6.50. The molecule has 0 aromatic heterocycles. The van der Waals surface area contributed by atoms with Crippen LogP contribution in [0, 0.1) is 0 Å². The number of benzene rings is 2. The number of hydrogen-bond donors (Lipinski definition) is 1. The molecule has 0 spiro atoms. The van der Waals surface area contributed by atoms with Crippen LogP contribution in [0.2, 0.25) is 0 Å². The van der Waals surface area contributed by atoms with E-state index in [9.17, 15) is 5.11 Å². The van der Waals surface area contributed by atoms with Gasteiger partial charge in [-0.25, -0.2) is 0 Å². The van der Waals surface area contributed by atoms with Crippen LogP contribution >= 0.6 is 0 Å². The lowest BCUT2D eigenvalue weighted by Gasteiger charge is -2.25. The van der Waals surface area contributed by atoms with Crippen molar-refractivity contribution in [1.82, 2.24) is 4.90 Å². The smallest absolute Gasteiger partial charge is 0.0808 e. The van der Waals surface area contributed by atoms with Crippen LogP contribution in [0.3, 0.4) is 0 Å². The Morgan fingerprint density at radius 3 is 2.36 bits per heavy atom. The first-order valence-electron chi connectivity index (χ1n) is 10.2. The van der Waals surface area contributed by atoms with Gasteiger partial charge < -0.3 is 10.0 Å². The first kappa shape index (κ1) is 18.4. The minimum Gasteiger partial charge on any atom is -0.388 e. The Labute approximate surface area is 152 Å². The van der Waals surface area contributed by atoms with Gasteiger partial charge in [-0.1, -0.05) is 44.2 Å². The highest BCUT2D eigenvalue weighted by atomic mass is 16.3. The van der Waals surface area contributed by atoms with Crippen LogP contribution < -0.4 is 0 Å². The Hall–Kier alpha value is -1.38. The molecule has 0 fully saturated rings. The summed E-state index contributed by atoms with van der Waals surface area (Å²) in [6.07, 6.45) is 7.74. The van der Waals surface area contributed by atoms with E-state index in [0.29, 0.717) is 0 Å². The van der Waals surface area contributed by atoms with E-state index < -0.39 is 0 Å². The molecule has 0 unspecified atom stereocenters. The molecule has 2 heteroatoms. The van der Waals surface area contributed by atoms with E-state index in [1.54, 1.807) is 0 Å². The number of aryl methyl sites for hydroxylation is 2. The summed E-state index contributed by atoms with van der Waals surface area (Å²) < 4.78 is 0. The number of aliphatic hydroxyl groups is 1. The molecule has 2 aromatic rings. The summed E-state index contributed by atoms with van der Waals surface area (Å²) in [4.78, 5) is 2.49. The highest BCUT2D eigenvalue weighted by molar-refractivity contribution is 5.90. The first-order chi connectivity index (χ1) is 12.2. The predicted molar refractivity (Wildman–Crippen MR) is 107 cm³/mol. The van der Waals surface area contributed by atoms with Crippen LogP contribution in [-0.4, -0.2) is 29.6 Å². The summed E-state index contributed by atoms with van der Waals surface area (Å²) in [5.74, 6) is 0. The van der Waals surface area contributed by atoms with Crippen molar-refractivity contribution in [2.75, 3.05) is 19.6 Å². The quantitative estimate of drug-likeness (QED) is 0.709. The Balaban J connectivity index is 1.84. The first-order valence-corrected chi connectivity index (χ1v) is 10.2. The standard InChI is InChI=1S/C23H33NO/c1-3-14-24(15-4-2)16-13-23(25)22-17-18-9-5-6-10-19(18)20-11-7-8-12-21(20)22/h7-8,11-12,17,23,25H,3-6,9-10,13-16H2,1-2H3/t23-/m0/s1. The number of nitrogens with zero attached hydrogens (tertiary/aromatic N) is 1. The molecular weight excluding hydrogens is 306 g/mol. The third-order valence-electron chi connectivity index (χ3n) is 5.56. The fourth-order valence-corrected chi connectivity index (χ4v) is 4.36. The summed E-state index contributed by atoms with van der Waals surface area (Å²) in [7, 11) is 0. The molecule has 0 radical (unpaired) electrons. The Bertz CT molecular complexity index is 688. The fourth-order valence-electron chi connectivity index (χ4n) is 4.36. The van der Waals surface area contributed by atoms with Gasteiger partial charge in [-0.15, -0.1) is 0 Å². The monoisotopic (exact) mass is 339 g/mol. The minimum absolute atomic E-state index is 0.367. The Morgan fingerprint density at radius 1 is 0.960 bits per heavy atom. The van der Waals surface area contributed by atoms with Crippen LogP contribution in [-0.2, 0) is 12.8 Å². The van der Waals surface area contributed by atoms with Gasteiger partial charge in [-0.3, -0.25) is 0 Å². The molecule has 0 saturated heterocycles. The van der Waals surface area contributed by atoms with Crippen LogP contribution in [0.15, 0.2) is 30.3 Å². The molecule has 1 N–H and O–H groups in total. The molecule has 25 heavy (non-hydrogen) atoms. The SMILES string of the molecule is CCCN(CCC)CC[C@H](O)c1cc2c(c3ccccc13)CCCC2. The van der Waals surface area contributed by atoms with Gasteiger partial charge >= 0.3 is 0 Å². The fraction of sp³-hybridized carbons (Fsp3) is 0.565. The van der Waals surface area contributed by atoms with E-state index >= 15 is 0 Å². The number of fused-ring (bicyclic) bond motifs is 3. The van der Waals surface area contributed by atoms with E-state index in [-0.39, 0.29) is 6.10 Å². The van der Waals surface area contributed by atoms with Crippen molar-refractivity contribution in [1.29, 1.82) is 0 Å². The topological polar surface area (TPSA) is 23.5 Å².